The average molecular weight is 894 g/mol. The highest BCUT2D eigenvalue weighted by molar-refractivity contribution is 5.93. The number of alkyl carbamates (subject to hydrolysis) is 2. The Balaban J connectivity index is 1.00. The maximum atomic E-state index is 13.8. The van der Waals surface area contributed by atoms with Crippen molar-refractivity contribution in [2.75, 3.05) is 27.3 Å². The molecule has 0 bridgehead atoms. The van der Waals surface area contributed by atoms with Crippen LogP contribution in [0.2, 0.25) is 0 Å². The van der Waals surface area contributed by atoms with Gasteiger partial charge < -0.3 is 49.2 Å². The number of aromatic amines is 2. The first-order valence-electron chi connectivity index (χ1n) is 22.5. The highest BCUT2D eigenvalue weighted by Gasteiger charge is 2.39. The zero-order chi connectivity index (χ0) is 46.2. The third-order valence-corrected chi connectivity index (χ3v) is 12.8. The molecule has 16 nitrogen and oxygen atoms in total. The van der Waals surface area contributed by atoms with E-state index in [9.17, 15) is 19.2 Å². The summed E-state index contributed by atoms with van der Waals surface area (Å²) >= 11 is 0. The zero-order valence-corrected chi connectivity index (χ0v) is 38.0. The summed E-state index contributed by atoms with van der Waals surface area (Å²) in [5.41, 5.74) is 8.30. The molecule has 3 aliphatic rings. The van der Waals surface area contributed by atoms with Crippen LogP contribution in [0.25, 0.3) is 44.7 Å². The predicted octanol–water partition coefficient (Wildman–Crippen LogP) is 8.43. The summed E-state index contributed by atoms with van der Waals surface area (Å²) in [7, 11) is 2.57. The molecule has 66 heavy (non-hydrogen) atoms. The van der Waals surface area contributed by atoms with Crippen LogP contribution in [-0.2, 0) is 19.1 Å². The summed E-state index contributed by atoms with van der Waals surface area (Å²) in [6.45, 7) is 8.68. The predicted molar refractivity (Wildman–Crippen MR) is 248 cm³/mol. The number of nitrogens with one attached hydrogen (secondary N) is 4. The fourth-order valence-corrected chi connectivity index (χ4v) is 9.56. The molecule has 3 aromatic heterocycles. The number of ether oxygens (including phenoxy) is 3. The minimum Gasteiger partial charge on any atom is -0.465 e. The first-order valence-corrected chi connectivity index (χ1v) is 22.5. The summed E-state index contributed by atoms with van der Waals surface area (Å²) in [6.07, 6.45) is 6.70. The normalized spacial score (nSPS) is 18.6. The van der Waals surface area contributed by atoms with Crippen LogP contribution < -0.4 is 15.4 Å². The monoisotopic (exact) mass is 893 g/mol. The fourth-order valence-electron chi connectivity index (χ4n) is 9.56. The average Bonchev–Trinajstić information content (AvgIpc) is 4.18. The summed E-state index contributed by atoms with van der Waals surface area (Å²) in [5.74, 6) is 1.60. The molecule has 0 aliphatic carbocycles. The van der Waals surface area contributed by atoms with Gasteiger partial charge in [-0.05, 0) is 75.8 Å². The number of benzene rings is 3. The van der Waals surface area contributed by atoms with Gasteiger partial charge in [0, 0.05) is 40.7 Å². The molecule has 6 aromatic rings. The van der Waals surface area contributed by atoms with Gasteiger partial charge in [0.05, 0.1) is 61.3 Å². The molecular formula is C50H55N9O7. The molecule has 6 heterocycles. The van der Waals surface area contributed by atoms with E-state index in [1.807, 2.05) is 63.1 Å². The quantitative estimate of drug-likeness (QED) is 0.0926. The minimum atomic E-state index is -0.858. The van der Waals surface area contributed by atoms with Crippen molar-refractivity contribution in [3.8, 4) is 39.5 Å². The number of hydrogen-bond acceptors (Lipinski definition) is 9. The Morgan fingerprint density at radius 1 is 0.773 bits per heavy atom. The van der Waals surface area contributed by atoms with E-state index in [2.05, 4.69) is 73.7 Å². The van der Waals surface area contributed by atoms with Crippen molar-refractivity contribution in [1.82, 2.24) is 44.9 Å². The molecule has 0 saturated carbocycles. The van der Waals surface area contributed by atoms with Gasteiger partial charge in [0.2, 0.25) is 18.0 Å². The van der Waals surface area contributed by atoms with E-state index in [0.717, 1.165) is 87.2 Å². The number of carbonyl (C=O) groups excluding carboxylic acids is 4. The Labute approximate surface area is 382 Å². The van der Waals surface area contributed by atoms with Crippen LogP contribution in [0.15, 0.2) is 96.8 Å². The zero-order valence-electron chi connectivity index (χ0n) is 38.0. The summed E-state index contributed by atoms with van der Waals surface area (Å²) in [4.78, 5) is 72.0. The number of methoxy groups -OCH3 is 2. The lowest BCUT2D eigenvalue weighted by Crippen LogP contribution is -2.51. The molecule has 5 atom stereocenters. The molecule has 0 spiro atoms. The van der Waals surface area contributed by atoms with E-state index < -0.39 is 30.5 Å². The fraction of sp³-hybridized carbons (Fsp3) is 0.360. The van der Waals surface area contributed by atoms with Gasteiger partial charge in [-0.1, -0.05) is 68.0 Å². The molecule has 0 unspecified atom stereocenters. The smallest absolute Gasteiger partial charge is 0.407 e. The number of H-pyrrole nitrogens is 2. The van der Waals surface area contributed by atoms with Crippen LogP contribution in [0.5, 0.6) is 5.75 Å². The highest BCUT2D eigenvalue weighted by atomic mass is 16.5. The summed E-state index contributed by atoms with van der Waals surface area (Å²) < 4.78 is 18.8. The van der Waals surface area contributed by atoms with Crippen LogP contribution in [0.1, 0.15) is 88.9 Å². The first kappa shape index (κ1) is 43.9. The number of carbonyl (C=O) groups is 4. The second kappa shape index (κ2) is 18.3. The van der Waals surface area contributed by atoms with Crippen molar-refractivity contribution in [3.63, 3.8) is 0 Å². The number of aromatic nitrogens is 5. The Hall–Kier alpha value is -7.36. The number of allylic oxidation sites excluding steroid dienone is 1. The molecule has 342 valence electrons. The van der Waals surface area contributed by atoms with Crippen molar-refractivity contribution in [3.05, 3.63) is 114 Å². The van der Waals surface area contributed by atoms with Gasteiger partial charge in [-0.3, -0.25) is 9.59 Å². The molecule has 16 heteroatoms. The number of amides is 4. The summed E-state index contributed by atoms with van der Waals surface area (Å²) in [5, 5.41) is 6.41. The number of fused-ring (bicyclic) bond motifs is 5. The third kappa shape index (κ3) is 8.38. The molecule has 0 radical (unpaired) electrons. The van der Waals surface area contributed by atoms with E-state index in [0.29, 0.717) is 24.7 Å². The number of rotatable bonds is 11. The largest absolute Gasteiger partial charge is 0.465 e. The van der Waals surface area contributed by atoms with Gasteiger partial charge in [-0.25, -0.2) is 19.6 Å². The molecular weight excluding hydrogens is 839 g/mol. The lowest BCUT2D eigenvalue weighted by Gasteiger charge is -2.30. The Kier molecular flexibility index (Phi) is 12.1. The van der Waals surface area contributed by atoms with E-state index in [1.54, 1.807) is 17.2 Å². The number of nitrogens with zero attached hydrogens (tertiary/aromatic N) is 5. The maximum Gasteiger partial charge on any atom is 0.407 e. The van der Waals surface area contributed by atoms with Crippen LogP contribution in [-0.4, -0.2) is 97.7 Å². The van der Waals surface area contributed by atoms with Crippen molar-refractivity contribution >= 4 is 34.9 Å². The first-order chi connectivity index (χ1) is 31.9. The van der Waals surface area contributed by atoms with Gasteiger partial charge in [-0.2, -0.15) is 0 Å². The topological polar surface area (TPSA) is 189 Å². The van der Waals surface area contributed by atoms with Crippen LogP contribution >= 0.6 is 0 Å². The maximum absolute atomic E-state index is 13.8. The van der Waals surface area contributed by atoms with Crippen LogP contribution in [0.4, 0.5) is 9.59 Å². The molecule has 3 aromatic carbocycles. The number of hydrogen-bond donors (Lipinski definition) is 4. The molecule has 2 saturated heterocycles. The van der Waals surface area contributed by atoms with Crippen molar-refractivity contribution in [1.29, 1.82) is 0 Å². The van der Waals surface area contributed by atoms with E-state index in [4.69, 9.17) is 24.2 Å². The van der Waals surface area contributed by atoms with Gasteiger partial charge in [0.25, 0.3) is 0 Å². The lowest BCUT2D eigenvalue weighted by atomic mass is 10.0. The van der Waals surface area contributed by atoms with Crippen molar-refractivity contribution < 1.29 is 33.4 Å². The SMILES string of the molecule is COC(=O)N[C@@H](C=C(C)C)C(=O)N1CCC[C@H]1c1ncc(-c2ccc3c(c2)O[C@@H](c2ccccc2)n2c-3cc3cc(-c4cnc([C@@H]5CCCN5C(=O)[C@@H](NC(=O)OC)C(C)C)[nH]4)ccc32)[nH]1. The van der Waals surface area contributed by atoms with Gasteiger partial charge in [0.1, 0.15) is 29.5 Å². The molecule has 3 aliphatic heterocycles. The number of imidazole rings is 2. The van der Waals surface area contributed by atoms with Crippen molar-refractivity contribution in [2.24, 2.45) is 5.92 Å². The molecule has 2 fully saturated rings. The summed E-state index contributed by atoms with van der Waals surface area (Å²) in [6, 6.07) is 22.7. The second-order valence-electron chi connectivity index (χ2n) is 17.7. The Morgan fingerprint density at radius 3 is 2.00 bits per heavy atom. The van der Waals surface area contributed by atoms with E-state index in [-0.39, 0.29) is 29.8 Å². The van der Waals surface area contributed by atoms with E-state index >= 15 is 0 Å². The standard InChI is InChI=1S/C50H55N9O7/c1-28(2)22-35(55-49(62)64-5)46(60)57-20-10-14-39(57)44-52-27-37(54-44)32-16-18-34-41-24-33-23-31(17-19-38(33)59(41)48(66-42(34)25-32)30-12-8-7-9-13-30)36-26-51-45(53-36)40-15-11-21-58(40)47(61)43(29(3)4)56-50(63)65-6/h7-9,12-13,16-19,22-27,29,35,39-40,43,48H,10-11,14-15,20-21H2,1-6H3,(H,51,53)(H,52,54)(H,55,62)(H,56,63)/t35-,39-,40-,43-,48-/m0/s1. The number of likely N-dealkylation sites (tertiary alicyclic amines) is 2. The van der Waals surface area contributed by atoms with Gasteiger partial charge in [-0.15, -0.1) is 0 Å². The van der Waals surface area contributed by atoms with Crippen LogP contribution in [0.3, 0.4) is 0 Å². The highest BCUT2D eigenvalue weighted by Crippen LogP contribution is 2.46. The minimum absolute atomic E-state index is 0.129. The van der Waals surface area contributed by atoms with Gasteiger partial charge in [0.15, 0.2) is 0 Å². The van der Waals surface area contributed by atoms with Gasteiger partial charge >= 0.3 is 12.2 Å². The van der Waals surface area contributed by atoms with Crippen molar-refractivity contribution in [2.45, 2.75) is 83.8 Å². The van der Waals surface area contributed by atoms with E-state index in [1.165, 1.54) is 14.2 Å². The molecule has 9 rings (SSSR count). The molecule has 4 N–H and O–H groups in total. The Bertz CT molecular complexity index is 2820. The third-order valence-electron chi connectivity index (χ3n) is 12.8. The lowest BCUT2D eigenvalue weighted by molar-refractivity contribution is -0.135. The van der Waals surface area contributed by atoms with Crippen LogP contribution in [0, 0.1) is 5.92 Å². The molecule has 4 amide bonds. The second-order valence-corrected chi connectivity index (χ2v) is 17.7. The Morgan fingerprint density at radius 2 is 1.38 bits per heavy atom.